The second-order valence-corrected chi connectivity index (χ2v) is 7.22. The minimum Gasteiger partial charge on any atom is -0.309 e. The van der Waals surface area contributed by atoms with Crippen molar-refractivity contribution in [1.29, 1.82) is 0 Å². The predicted octanol–water partition coefficient (Wildman–Crippen LogP) is 3.05. The number of nitrogens with one attached hydrogen (secondary N) is 2. The van der Waals surface area contributed by atoms with E-state index in [4.69, 9.17) is 11.6 Å². The monoisotopic (exact) mass is 322 g/mol. The number of hydrogen-bond acceptors (Lipinski definition) is 3. The maximum atomic E-state index is 12.5. The average molecular weight is 323 g/mol. The maximum absolute atomic E-state index is 12.5. The molecule has 0 spiro atoms. The molecule has 1 aliphatic heterocycles. The molecule has 0 fully saturated rings. The Hall–Kier alpha value is -1.56. The van der Waals surface area contributed by atoms with Gasteiger partial charge in [0, 0.05) is 18.1 Å². The highest BCUT2D eigenvalue weighted by atomic mass is 35.5. The predicted molar refractivity (Wildman–Crippen MR) is 84.0 cm³/mol. The number of hydrogen-bond donors (Lipinski definition) is 2. The molecule has 0 atom stereocenters. The average Bonchev–Trinajstić information content (AvgIpc) is 2.90. The lowest BCUT2D eigenvalue weighted by atomic mass is 10.1. The summed E-state index contributed by atoms with van der Waals surface area (Å²) in [5.41, 5.74) is 3.50. The van der Waals surface area contributed by atoms with Gasteiger partial charge in [-0.15, -0.1) is 0 Å². The van der Waals surface area contributed by atoms with Crippen LogP contribution in [0.15, 0.2) is 41.3 Å². The molecule has 21 heavy (non-hydrogen) atoms. The van der Waals surface area contributed by atoms with Gasteiger partial charge in [0.05, 0.1) is 10.6 Å². The van der Waals surface area contributed by atoms with Crippen LogP contribution in [0, 0.1) is 6.92 Å². The molecular weight excluding hydrogens is 308 g/mol. The molecular formula is C15H15ClN2O2S. The minimum absolute atomic E-state index is 0.268. The fourth-order valence-corrected chi connectivity index (χ4v) is 3.69. The topological polar surface area (TPSA) is 58.2 Å². The lowest BCUT2D eigenvalue weighted by Gasteiger charge is -2.11. The van der Waals surface area contributed by atoms with Crippen molar-refractivity contribution < 1.29 is 8.42 Å². The number of sulfonamides is 1. The molecule has 3 rings (SSSR count). The number of halogens is 1. The molecule has 2 aromatic carbocycles. The zero-order valence-corrected chi connectivity index (χ0v) is 13.1. The molecule has 1 aliphatic rings. The van der Waals surface area contributed by atoms with Crippen molar-refractivity contribution in [3.8, 4) is 0 Å². The highest BCUT2D eigenvalue weighted by molar-refractivity contribution is 7.92. The van der Waals surface area contributed by atoms with Gasteiger partial charge in [-0.3, -0.25) is 4.72 Å². The molecule has 2 aromatic rings. The first-order chi connectivity index (χ1) is 9.95. The number of rotatable bonds is 3. The first kappa shape index (κ1) is 14.4. The van der Waals surface area contributed by atoms with Crippen molar-refractivity contribution in [3.05, 3.63) is 58.1 Å². The van der Waals surface area contributed by atoms with Gasteiger partial charge in [0.15, 0.2) is 0 Å². The molecule has 2 N–H and O–H groups in total. The standard InChI is InChI=1S/C15H15ClN2O2S/c1-10-2-4-13(16)7-15(10)18-21(19,20)14-5-3-11-8-17-9-12(11)6-14/h2-7,17-18H,8-9H2,1H3. The van der Waals surface area contributed by atoms with Crippen LogP contribution in [0.4, 0.5) is 5.69 Å². The lowest BCUT2D eigenvalue weighted by Crippen LogP contribution is -2.14. The molecule has 0 unspecified atom stereocenters. The smallest absolute Gasteiger partial charge is 0.261 e. The fourth-order valence-electron chi connectivity index (χ4n) is 2.35. The summed E-state index contributed by atoms with van der Waals surface area (Å²) in [6, 6.07) is 10.3. The van der Waals surface area contributed by atoms with Crippen molar-refractivity contribution >= 4 is 27.3 Å². The summed E-state index contributed by atoms with van der Waals surface area (Å²) in [5, 5.41) is 3.70. The zero-order chi connectivity index (χ0) is 15.0. The third-order valence-corrected chi connectivity index (χ3v) is 5.16. The second-order valence-electron chi connectivity index (χ2n) is 5.10. The van der Waals surface area contributed by atoms with Crippen LogP contribution in [0.2, 0.25) is 5.02 Å². The molecule has 1 heterocycles. The molecule has 110 valence electrons. The molecule has 4 nitrogen and oxygen atoms in total. The third-order valence-electron chi connectivity index (χ3n) is 3.56. The lowest BCUT2D eigenvalue weighted by molar-refractivity contribution is 0.601. The SMILES string of the molecule is Cc1ccc(Cl)cc1NS(=O)(=O)c1ccc2c(c1)CNC2. The van der Waals surface area contributed by atoms with Gasteiger partial charge in [0.2, 0.25) is 0 Å². The van der Waals surface area contributed by atoms with Gasteiger partial charge in [-0.2, -0.15) is 0 Å². The fraction of sp³-hybridized carbons (Fsp3) is 0.200. The van der Waals surface area contributed by atoms with Crippen molar-refractivity contribution in [1.82, 2.24) is 5.32 Å². The summed E-state index contributed by atoms with van der Waals surface area (Å²) in [6.45, 7) is 3.33. The highest BCUT2D eigenvalue weighted by Crippen LogP contribution is 2.25. The van der Waals surface area contributed by atoms with E-state index >= 15 is 0 Å². The van der Waals surface area contributed by atoms with Gasteiger partial charge in [-0.25, -0.2) is 8.42 Å². The summed E-state index contributed by atoms with van der Waals surface area (Å²) >= 11 is 5.93. The van der Waals surface area contributed by atoms with Gasteiger partial charge in [0.25, 0.3) is 10.0 Å². The van der Waals surface area contributed by atoms with Gasteiger partial charge in [-0.05, 0) is 47.9 Å². The Kier molecular flexibility index (Phi) is 3.65. The highest BCUT2D eigenvalue weighted by Gasteiger charge is 2.19. The normalized spacial score (nSPS) is 14.0. The Labute approximate surface area is 129 Å². The van der Waals surface area contributed by atoms with E-state index in [1.807, 2.05) is 13.0 Å². The van der Waals surface area contributed by atoms with Crippen LogP contribution in [-0.2, 0) is 23.1 Å². The van der Waals surface area contributed by atoms with E-state index in [0.717, 1.165) is 23.2 Å². The number of aryl methyl sites for hydroxylation is 1. The molecule has 0 amide bonds. The molecule has 0 aromatic heterocycles. The van der Waals surface area contributed by atoms with Crippen LogP contribution in [0.5, 0.6) is 0 Å². The van der Waals surface area contributed by atoms with Crippen molar-refractivity contribution in [3.63, 3.8) is 0 Å². The van der Waals surface area contributed by atoms with E-state index in [0.29, 0.717) is 17.3 Å². The Morgan fingerprint density at radius 1 is 1.10 bits per heavy atom. The Balaban J connectivity index is 1.95. The minimum atomic E-state index is -3.61. The first-order valence-electron chi connectivity index (χ1n) is 6.57. The van der Waals surface area contributed by atoms with E-state index in [1.165, 1.54) is 0 Å². The molecule has 6 heteroatoms. The maximum Gasteiger partial charge on any atom is 0.261 e. The largest absolute Gasteiger partial charge is 0.309 e. The molecule has 0 saturated carbocycles. The van der Waals surface area contributed by atoms with E-state index < -0.39 is 10.0 Å². The van der Waals surface area contributed by atoms with Crippen LogP contribution < -0.4 is 10.0 Å². The summed E-state index contributed by atoms with van der Waals surface area (Å²) in [7, 11) is -3.61. The summed E-state index contributed by atoms with van der Waals surface area (Å²) < 4.78 is 27.6. The van der Waals surface area contributed by atoms with Crippen LogP contribution in [0.3, 0.4) is 0 Å². The molecule has 0 saturated heterocycles. The van der Waals surface area contributed by atoms with Gasteiger partial charge < -0.3 is 5.32 Å². The Bertz CT molecular complexity index is 803. The molecule has 0 bridgehead atoms. The second kappa shape index (κ2) is 5.33. The quantitative estimate of drug-likeness (QED) is 0.913. The van der Waals surface area contributed by atoms with Crippen molar-refractivity contribution in [2.45, 2.75) is 24.9 Å². The van der Waals surface area contributed by atoms with E-state index in [-0.39, 0.29) is 4.90 Å². The molecule has 0 radical (unpaired) electrons. The number of fused-ring (bicyclic) bond motifs is 1. The van der Waals surface area contributed by atoms with Gasteiger partial charge in [0.1, 0.15) is 0 Å². The third kappa shape index (κ3) is 2.90. The van der Waals surface area contributed by atoms with Crippen LogP contribution in [0.1, 0.15) is 16.7 Å². The van der Waals surface area contributed by atoms with Gasteiger partial charge in [-0.1, -0.05) is 23.7 Å². The van der Waals surface area contributed by atoms with E-state index in [1.54, 1.807) is 30.3 Å². The van der Waals surface area contributed by atoms with E-state index in [9.17, 15) is 8.42 Å². The van der Waals surface area contributed by atoms with Crippen LogP contribution in [0.25, 0.3) is 0 Å². The van der Waals surface area contributed by atoms with Gasteiger partial charge >= 0.3 is 0 Å². The number of benzene rings is 2. The summed E-state index contributed by atoms with van der Waals surface area (Å²) in [6.07, 6.45) is 0. The van der Waals surface area contributed by atoms with Crippen LogP contribution in [-0.4, -0.2) is 8.42 Å². The van der Waals surface area contributed by atoms with Crippen molar-refractivity contribution in [2.24, 2.45) is 0 Å². The number of anilines is 1. The summed E-state index contributed by atoms with van der Waals surface area (Å²) in [4.78, 5) is 0.268. The van der Waals surface area contributed by atoms with Crippen LogP contribution >= 0.6 is 11.6 Å². The van der Waals surface area contributed by atoms with Crippen molar-refractivity contribution in [2.75, 3.05) is 4.72 Å². The first-order valence-corrected chi connectivity index (χ1v) is 8.43. The molecule has 0 aliphatic carbocycles. The zero-order valence-electron chi connectivity index (χ0n) is 11.5. The Morgan fingerprint density at radius 3 is 2.67 bits per heavy atom. The summed E-state index contributed by atoms with van der Waals surface area (Å²) in [5.74, 6) is 0. The van der Waals surface area contributed by atoms with E-state index in [2.05, 4.69) is 10.0 Å². The Morgan fingerprint density at radius 2 is 1.86 bits per heavy atom.